The van der Waals surface area contributed by atoms with Gasteiger partial charge >= 0.3 is 0 Å². The van der Waals surface area contributed by atoms with E-state index in [1.165, 1.54) is 0 Å². The molecule has 0 atom stereocenters. The van der Waals surface area contributed by atoms with Crippen molar-refractivity contribution in [3.63, 3.8) is 0 Å². The lowest BCUT2D eigenvalue weighted by atomic mass is 10.1. The maximum Gasteiger partial charge on any atom is 0.271 e. The smallest absolute Gasteiger partial charge is 0.271 e. The Labute approximate surface area is 119 Å². The van der Waals surface area contributed by atoms with Gasteiger partial charge in [-0.3, -0.25) is 0 Å². The highest BCUT2D eigenvalue weighted by atomic mass is 19.2. The van der Waals surface area contributed by atoms with Crippen LogP contribution >= 0.6 is 0 Å². The van der Waals surface area contributed by atoms with Crippen LogP contribution in [0.2, 0.25) is 0 Å². The van der Waals surface area contributed by atoms with Crippen molar-refractivity contribution < 1.29 is 13.2 Å². The van der Waals surface area contributed by atoms with Crippen LogP contribution in [-0.4, -0.2) is 40.8 Å². The number of hydrogen-bond donors (Lipinski definition) is 1. The number of piperazine rings is 1. The molecule has 1 aliphatic rings. The van der Waals surface area contributed by atoms with Gasteiger partial charge in [0.05, 0.1) is 0 Å². The van der Waals surface area contributed by atoms with Gasteiger partial charge in [0.1, 0.15) is 5.82 Å². The van der Waals surface area contributed by atoms with E-state index in [0.29, 0.717) is 37.3 Å². The fourth-order valence-corrected chi connectivity index (χ4v) is 2.66. The van der Waals surface area contributed by atoms with Crippen molar-refractivity contribution in [2.24, 2.45) is 0 Å². The average molecular weight is 299 g/mol. The predicted octanol–water partition coefficient (Wildman–Crippen LogP) is 1.51. The monoisotopic (exact) mass is 299 g/mol. The third kappa shape index (κ3) is 2.33. The van der Waals surface area contributed by atoms with E-state index >= 15 is 0 Å². The van der Waals surface area contributed by atoms with Gasteiger partial charge in [-0.15, -0.1) is 5.10 Å². The molecular formula is C13H16F3N5. The van der Waals surface area contributed by atoms with Crippen LogP contribution < -0.4 is 10.2 Å². The van der Waals surface area contributed by atoms with E-state index in [-0.39, 0.29) is 0 Å². The zero-order chi connectivity index (χ0) is 15.0. The second-order valence-corrected chi connectivity index (χ2v) is 5.03. The molecule has 21 heavy (non-hydrogen) atoms. The summed E-state index contributed by atoms with van der Waals surface area (Å²) in [6, 6.07) is 0. The lowest BCUT2D eigenvalue weighted by Crippen LogP contribution is -2.45. The predicted molar refractivity (Wildman–Crippen MR) is 71.9 cm³/mol. The van der Waals surface area contributed by atoms with Gasteiger partial charge in [-0.2, -0.15) is 22.7 Å². The molecule has 2 aromatic rings. The summed E-state index contributed by atoms with van der Waals surface area (Å²) in [4.78, 5) is 5.44. The Morgan fingerprint density at radius 3 is 2.52 bits per heavy atom. The maximum atomic E-state index is 14.2. The van der Waals surface area contributed by atoms with Gasteiger partial charge in [0.2, 0.25) is 11.8 Å². The molecule has 0 amide bonds. The van der Waals surface area contributed by atoms with Crippen molar-refractivity contribution in [3.8, 4) is 0 Å². The number of hydrogen-bond acceptors (Lipinski definition) is 4. The second kappa shape index (κ2) is 5.51. The van der Waals surface area contributed by atoms with E-state index in [1.54, 1.807) is 0 Å². The van der Waals surface area contributed by atoms with Gasteiger partial charge in [-0.1, -0.05) is 13.3 Å². The van der Waals surface area contributed by atoms with Gasteiger partial charge in [0.25, 0.3) is 5.95 Å². The number of halogens is 3. The second-order valence-electron chi connectivity index (χ2n) is 5.03. The highest BCUT2D eigenvalue weighted by Gasteiger charge is 2.26. The summed E-state index contributed by atoms with van der Waals surface area (Å²) >= 11 is 0. The highest BCUT2D eigenvalue weighted by molar-refractivity contribution is 5.56. The summed E-state index contributed by atoms with van der Waals surface area (Å²) in [7, 11) is 0. The lowest BCUT2D eigenvalue weighted by molar-refractivity contribution is 0.490. The summed E-state index contributed by atoms with van der Waals surface area (Å²) in [5.41, 5.74) is -0.0483. The lowest BCUT2D eigenvalue weighted by Gasteiger charge is -2.31. The summed E-state index contributed by atoms with van der Waals surface area (Å²) in [6.45, 7) is 4.61. The average Bonchev–Trinajstić information content (AvgIpc) is 2.76. The fraction of sp³-hybridized carbons (Fsp3) is 0.538. The van der Waals surface area contributed by atoms with Crippen molar-refractivity contribution in [1.82, 2.24) is 19.9 Å². The Bertz CT molecular complexity index is 664. The van der Waals surface area contributed by atoms with Crippen LogP contribution in [0.1, 0.15) is 18.9 Å². The topological polar surface area (TPSA) is 45.5 Å². The van der Waals surface area contributed by atoms with Crippen LogP contribution in [0.3, 0.4) is 0 Å². The third-order valence-corrected chi connectivity index (χ3v) is 3.61. The molecule has 1 fully saturated rings. The molecule has 0 aromatic carbocycles. The van der Waals surface area contributed by atoms with Gasteiger partial charge in [0.15, 0.2) is 5.65 Å². The van der Waals surface area contributed by atoms with Gasteiger partial charge < -0.3 is 10.2 Å². The van der Waals surface area contributed by atoms with Crippen LogP contribution in [0, 0.1) is 17.7 Å². The molecule has 0 saturated carbocycles. The van der Waals surface area contributed by atoms with Crippen molar-refractivity contribution >= 4 is 11.5 Å². The fourth-order valence-electron chi connectivity index (χ4n) is 2.66. The molecule has 3 rings (SSSR count). The van der Waals surface area contributed by atoms with E-state index in [4.69, 9.17) is 0 Å². The van der Waals surface area contributed by atoms with Crippen LogP contribution in [0.25, 0.3) is 5.65 Å². The summed E-state index contributed by atoms with van der Waals surface area (Å²) in [5.74, 6) is -2.82. The van der Waals surface area contributed by atoms with Crippen molar-refractivity contribution in [1.29, 1.82) is 0 Å². The van der Waals surface area contributed by atoms with E-state index in [0.717, 1.165) is 17.6 Å². The molecule has 0 unspecified atom stereocenters. The molecule has 3 heterocycles. The minimum absolute atomic E-state index is 0.356. The third-order valence-electron chi connectivity index (χ3n) is 3.61. The Morgan fingerprint density at radius 1 is 1.14 bits per heavy atom. The first-order valence-corrected chi connectivity index (χ1v) is 7.01. The first kappa shape index (κ1) is 14.1. The van der Waals surface area contributed by atoms with Gasteiger partial charge in [-0.25, -0.2) is 0 Å². The highest BCUT2D eigenvalue weighted by Crippen LogP contribution is 2.27. The van der Waals surface area contributed by atoms with E-state index in [1.807, 2.05) is 11.8 Å². The Hall–Kier alpha value is -1.83. The van der Waals surface area contributed by atoms with Gasteiger partial charge in [0, 0.05) is 31.7 Å². The van der Waals surface area contributed by atoms with E-state index < -0.39 is 23.4 Å². The molecular weight excluding hydrogens is 283 g/mol. The summed E-state index contributed by atoms with van der Waals surface area (Å²) < 4.78 is 42.4. The van der Waals surface area contributed by atoms with Crippen LogP contribution in [0.15, 0.2) is 0 Å². The zero-order valence-electron chi connectivity index (χ0n) is 11.7. The number of rotatable bonds is 3. The molecule has 5 nitrogen and oxygen atoms in total. The number of fused-ring (bicyclic) bond motifs is 1. The number of aromatic nitrogens is 3. The molecule has 2 aromatic heterocycles. The molecule has 8 heteroatoms. The zero-order valence-corrected chi connectivity index (χ0v) is 11.7. The van der Waals surface area contributed by atoms with Crippen LogP contribution in [-0.2, 0) is 6.42 Å². The number of nitrogens with zero attached hydrogens (tertiary/aromatic N) is 4. The molecule has 114 valence electrons. The quantitative estimate of drug-likeness (QED) is 0.873. The largest absolute Gasteiger partial charge is 0.354 e. The number of nitrogens with one attached hydrogen (secondary N) is 1. The molecule has 1 N–H and O–H groups in total. The molecule has 0 radical (unpaired) electrons. The van der Waals surface area contributed by atoms with Crippen molar-refractivity contribution in [2.45, 2.75) is 19.8 Å². The van der Waals surface area contributed by atoms with Crippen molar-refractivity contribution in [3.05, 3.63) is 23.3 Å². The molecule has 1 aliphatic heterocycles. The first-order chi connectivity index (χ1) is 10.1. The minimum atomic E-state index is -1.26. The van der Waals surface area contributed by atoms with Crippen molar-refractivity contribution in [2.75, 3.05) is 31.1 Å². The van der Waals surface area contributed by atoms with Gasteiger partial charge in [-0.05, 0) is 6.42 Å². The molecule has 0 aliphatic carbocycles. The standard InChI is InChI=1S/C13H16F3N5/c1-2-3-8-10(15)18-12-9(14)11(16)19-21(12)13(8)20-6-4-17-5-7-20/h17H,2-7H2,1H3. The summed E-state index contributed by atoms with van der Waals surface area (Å²) in [6.07, 6.45) is 1.15. The first-order valence-electron chi connectivity index (χ1n) is 7.01. The molecule has 0 bridgehead atoms. The minimum Gasteiger partial charge on any atom is -0.354 e. The number of anilines is 1. The molecule has 1 saturated heterocycles. The normalized spacial score (nSPS) is 15.9. The Balaban J connectivity index is 2.24. The maximum absolute atomic E-state index is 14.2. The Morgan fingerprint density at radius 2 is 1.86 bits per heavy atom. The molecule has 0 spiro atoms. The van der Waals surface area contributed by atoms with E-state index in [9.17, 15) is 13.2 Å². The summed E-state index contributed by atoms with van der Waals surface area (Å²) in [5, 5.41) is 6.74. The SMILES string of the molecule is CCCc1c(F)nc2c(F)c(F)nn2c1N1CCNCC1. The van der Waals surface area contributed by atoms with Crippen LogP contribution in [0.5, 0.6) is 0 Å². The Kier molecular flexibility index (Phi) is 3.71. The van der Waals surface area contributed by atoms with Crippen LogP contribution in [0.4, 0.5) is 19.0 Å². The van der Waals surface area contributed by atoms with E-state index in [2.05, 4.69) is 15.4 Å².